The normalized spacial score (nSPS) is 21.5. The molecule has 1 heterocycles. The highest BCUT2D eigenvalue weighted by molar-refractivity contribution is 4.66. The molecule has 1 fully saturated rings. The molecule has 0 unspecified atom stereocenters. The number of hydrazine groups is 1. The van der Waals surface area contributed by atoms with Crippen LogP contribution in [0.3, 0.4) is 0 Å². The van der Waals surface area contributed by atoms with Crippen molar-refractivity contribution in [2.75, 3.05) is 19.6 Å². The van der Waals surface area contributed by atoms with Crippen molar-refractivity contribution >= 4 is 0 Å². The average molecular weight is 85.1 g/mol. The largest absolute Gasteiger partial charge is 0.255 e. The lowest BCUT2D eigenvalue weighted by molar-refractivity contribution is 0.429. The minimum Gasteiger partial charge on any atom is -0.255 e. The van der Waals surface area contributed by atoms with Gasteiger partial charge in [-0.15, -0.1) is 0 Å². The minimum absolute atomic E-state index is 0.819. The Morgan fingerprint density at radius 1 is 1.67 bits per heavy atom. The van der Waals surface area contributed by atoms with Crippen molar-refractivity contribution in [1.82, 2.24) is 10.4 Å². The fraction of sp³-hybridized carbons (Fsp3) is 0.750. The number of nitrogens with zero attached hydrogens (tertiary/aromatic N) is 1. The maximum Gasteiger partial charge on any atom is 0.0273 e. The van der Waals surface area contributed by atoms with Crippen molar-refractivity contribution in [1.29, 1.82) is 0 Å². The lowest BCUT2D eigenvalue weighted by atomic mass is 10.8. The van der Waals surface area contributed by atoms with Crippen molar-refractivity contribution in [2.24, 2.45) is 0 Å². The van der Waals surface area contributed by atoms with Crippen molar-refractivity contribution in [3.8, 4) is 0 Å². The van der Waals surface area contributed by atoms with Crippen LogP contribution in [0.4, 0.5) is 0 Å². The van der Waals surface area contributed by atoms with Gasteiger partial charge in [0.15, 0.2) is 0 Å². The number of hydrogen-bond donors (Lipinski definition) is 1. The zero-order valence-corrected chi connectivity index (χ0v) is 3.78. The molecule has 0 aromatic carbocycles. The van der Waals surface area contributed by atoms with E-state index in [1.165, 1.54) is 13.1 Å². The van der Waals surface area contributed by atoms with Crippen LogP contribution in [0, 0.1) is 6.92 Å². The SMILES string of the molecule is [CH2]CNN1CC1. The molecule has 1 aliphatic rings. The van der Waals surface area contributed by atoms with Crippen LogP contribution < -0.4 is 5.43 Å². The van der Waals surface area contributed by atoms with E-state index in [1.54, 1.807) is 0 Å². The first-order chi connectivity index (χ1) is 2.93. The van der Waals surface area contributed by atoms with Gasteiger partial charge >= 0.3 is 0 Å². The van der Waals surface area contributed by atoms with Crippen LogP contribution in [0.1, 0.15) is 0 Å². The van der Waals surface area contributed by atoms with E-state index in [2.05, 4.69) is 17.4 Å². The first kappa shape index (κ1) is 4.09. The van der Waals surface area contributed by atoms with Gasteiger partial charge in [0, 0.05) is 19.6 Å². The van der Waals surface area contributed by atoms with Crippen LogP contribution in [0.5, 0.6) is 0 Å². The topological polar surface area (TPSA) is 15.0 Å². The van der Waals surface area contributed by atoms with Gasteiger partial charge in [-0.2, -0.15) is 0 Å². The molecule has 1 rings (SSSR count). The van der Waals surface area contributed by atoms with Gasteiger partial charge in [0.05, 0.1) is 0 Å². The molecule has 1 aliphatic heterocycles. The molecular formula is C4H9N2. The number of hydrogen-bond acceptors (Lipinski definition) is 2. The van der Waals surface area contributed by atoms with Crippen molar-refractivity contribution in [3.05, 3.63) is 6.92 Å². The molecule has 0 saturated carbocycles. The Labute approximate surface area is 38.1 Å². The molecule has 6 heavy (non-hydrogen) atoms. The fourth-order valence-corrected chi connectivity index (χ4v) is 0.366. The summed E-state index contributed by atoms with van der Waals surface area (Å²) in [4.78, 5) is 0. The van der Waals surface area contributed by atoms with E-state index in [1.807, 2.05) is 0 Å². The van der Waals surface area contributed by atoms with Crippen molar-refractivity contribution in [2.45, 2.75) is 0 Å². The van der Waals surface area contributed by atoms with E-state index in [0.29, 0.717) is 0 Å². The Bertz CT molecular complexity index is 40.8. The molecule has 1 saturated heterocycles. The van der Waals surface area contributed by atoms with E-state index in [4.69, 9.17) is 0 Å². The molecule has 0 aromatic rings. The molecule has 1 N–H and O–H groups in total. The zero-order valence-electron chi connectivity index (χ0n) is 3.78. The van der Waals surface area contributed by atoms with Gasteiger partial charge in [0.2, 0.25) is 0 Å². The van der Waals surface area contributed by atoms with Crippen LogP contribution in [-0.2, 0) is 0 Å². The molecule has 0 amide bonds. The third-order valence-corrected chi connectivity index (χ3v) is 0.783. The van der Waals surface area contributed by atoms with E-state index in [0.717, 1.165) is 6.54 Å². The summed E-state index contributed by atoms with van der Waals surface area (Å²) in [6.07, 6.45) is 0. The van der Waals surface area contributed by atoms with Crippen LogP contribution in [-0.4, -0.2) is 24.6 Å². The second kappa shape index (κ2) is 1.58. The smallest absolute Gasteiger partial charge is 0.0273 e. The van der Waals surface area contributed by atoms with Crippen molar-refractivity contribution in [3.63, 3.8) is 0 Å². The Hall–Kier alpha value is -0.0800. The van der Waals surface area contributed by atoms with Gasteiger partial charge < -0.3 is 0 Å². The molecule has 2 nitrogen and oxygen atoms in total. The summed E-state index contributed by atoms with van der Waals surface area (Å²) in [5, 5.41) is 2.12. The quantitative estimate of drug-likeness (QED) is 0.461. The van der Waals surface area contributed by atoms with Crippen LogP contribution >= 0.6 is 0 Å². The molecule has 1 radical (unpaired) electrons. The standard InChI is InChI=1S/C4H9N2/c1-2-5-6-3-4-6/h5H,1-4H2. The zero-order chi connectivity index (χ0) is 4.41. The molecule has 0 spiro atoms. The maximum absolute atomic E-state index is 3.61. The monoisotopic (exact) mass is 85.1 g/mol. The highest BCUT2D eigenvalue weighted by atomic mass is 15.6. The first-order valence-corrected chi connectivity index (χ1v) is 2.21. The molecular weight excluding hydrogens is 76.1 g/mol. The first-order valence-electron chi connectivity index (χ1n) is 2.21. The van der Waals surface area contributed by atoms with Gasteiger partial charge in [-0.1, -0.05) is 0 Å². The van der Waals surface area contributed by atoms with E-state index >= 15 is 0 Å². The summed E-state index contributed by atoms with van der Waals surface area (Å²) in [5.74, 6) is 0. The second-order valence-corrected chi connectivity index (χ2v) is 1.40. The van der Waals surface area contributed by atoms with E-state index in [-0.39, 0.29) is 0 Å². The molecule has 2 heteroatoms. The summed E-state index contributed by atoms with van der Waals surface area (Å²) >= 11 is 0. The predicted octanol–water partition coefficient (Wildman–Crippen LogP) is -0.359. The summed E-state index contributed by atoms with van der Waals surface area (Å²) in [6.45, 7) is 6.84. The molecule has 0 aliphatic carbocycles. The molecule has 35 valence electrons. The van der Waals surface area contributed by atoms with E-state index in [9.17, 15) is 0 Å². The van der Waals surface area contributed by atoms with Crippen molar-refractivity contribution < 1.29 is 0 Å². The van der Waals surface area contributed by atoms with Gasteiger partial charge in [0.1, 0.15) is 0 Å². The Balaban J connectivity index is 1.88. The summed E-state index contributed by atoms with van der Waals surface area (Å²) < 4.78 is 0. The Morgan fingerprint density at radius 2 is 2.33 bits per heavy atom. The number of nitrogens with one attached hydrogen (secondary N) is 1. The van der Waals surface area contributed by atoms with Gasteiger partial charge in [-0.05, 0) is 6.92 Å². The summed E-state index contributed by atoms with van der Waals surface area (Å²) in [7, 11) is 0. The Morgan fingerprint density at radius 3 is 2.50 bits per heavy atom. The lowest BCUT2D eigenvalue weighted by Gasteiger charge is -1.94. The van der Waals surface area contributed by atoms with Gasteiger partial charge in [-0.25, -0.2) is 5.01 Å². The van der Waals surface area contributed by atoms with Gasteiger partial charge in [0.25, 0.3) is 0 Å². The van der Waals surface area contributed by atoms with Gasteiger partial charge in [-0.3, -0.25) is 5.43 Å². The third-order valence-electron chi connectivity index (χ3n) is 0.783. The van der Waals surface area contributed by atoms with Crippen LogP contribution in [0.2, 0.25) is 0 Å². The molecule has 0 bridgehead atoms. The molecule has 0 aromatic heterocycles. The maximum atomic E-state index is 3.61. The average Bonchev–Trinajstić information content (AvgIpc) is 2.21. The van der Waals surface area contributed by atoms with Crippen LogP contribution in [0.15, 0.2) is 0 Å². The number of rotatable bonds is 2. The van der Waals surface area contributed by atoms with Crippen LogP contribution in [0.25, 0.3) is 0 Å². The third kappa shape index (κ3) is 0.954. The van der Waals surface area contributed by atoms with E-state index < -0.39 is 0 Å². The fourth-order valence-electron chi connectivity index (χ4n) is 0.366. The lowest BCUT2D eigenvalue weighted by Crippen LogP contribution is -2.19. The summed E-state index contributed by atoms with van der Waals surface area (Å²) in [5.41, 5.74) is 3.04. The highest BCUT2D eigenvalue weighted by Crippen LogP contribution is 1.94. The summed E-state index contributed by atoms with van der Waals surface area (Å²) in [6, 6.07) is 0. The predicted molar refractivity (Wildman–Crippen MR) is 24.9 cm³/mol. The molecule has 0 atom stereocenters. The Kier molecular flexibility index (Phi) is 1.08. The second-order valence-electron chi connectivity index (χ2n) is 1.40. The highest BCUT2D eigenvalue weighted by Gasteiger charge is 2.13. The minimum atomic E-state index is 0.819.